The fourth-order valence-corrected chi connectivity index (χ4v) is 2.51. The molecule has 0 aliphatic carbocycles. The highest BCUT2D eigenvalue weighted by atomic mass is 16.5. The zero-order valence-corrected chi connectivity index (χ0v) is 14.3. The Balaban J connectivity index is 1.91. The summed E-state index contributed by atoms with van der Waals surface area (Å²) < 4.78 is 5.65. The number of nitrogens with zero attached hydrogens (tertiary/aromatic N) is 1. The number of rotatable bonds is 7. The van der Waals surface area contributed by atoms with E-state index in [1.807, 2.05) is 19.9 Å². The molecule has 0 saturated carbocycles. The molecule has 2 N–H and O–H groups in total. The molecule has 0 saturated heterocycles. The number of ether oxygens (including phenoxy) is 1. The van der Waals surface area contributed by atoms with Gasteiger partial charge in [-0.05, 0) is 55.2 Å². The first kappa shape index (κ1) is 17.9. The van der Waals surface area contributed by atoms with Crippen molar-refractivity contribution < 1.29 is 14.6 Å². The topological polar surface area (TPSA) is 71.5 Å². The zero-order chi connectivity index (χ0) is 17.6. The second-order valence-electron chi connectivity index (χ2n) is 6.72. The molecule has 5 heteroatoms. The molecule has 1 aromatic heterocycles. The van der Waals surface area contributed by atoms with E-state index in [1.165, 1.54) is 0 Å². The van der Waals surface area contributed by atoms with Crippen molar-refractivity contribution in [2.75, 3.05) is 6.54 Å². The zero-order valence-electron chi connectivity index (χ0n) is 14.3. The van der Waals surface area contributed by atoms with Gasteiger partial charge >= 0.3 is 0 Å². The van der Waals surface area contributed by atoms with Gasteiger partial charge in [-0.25, -0.2) is 0 Å². The third kappa shape index (κ3) is 5.66. The van der Waals surface area contributed by atoms with Crippen molar-refractivity contribution >= 4 is 5.91 Å². The van der Waals surface area contributed by atoms with Crippen molar-refractivity contribution in [3.05, 3.63) is 54.4 Å². The summed E-state index contributed by atoms with van der Waals surface area (Å²) in [5, 5.41) is 12.4. The predicted octanol–water partition coefficient (Wildman–Crippen LogP) is 3.40. The lowest BCUT2D eigenvalue weighted by atomic mass is 9.87. The monoisotopic (exact) mass is 328 g/mol. The number of carbonyl (C=O) groups is 1. The van der Waals surface area contributed by atoms with Gasteiger partial charge < -0.3 is 15.2 Å². The Hall–Kier alpha value is -2.40. The minimum absolute atomic E-state index is 0.137. The highest BCUT2D eigenvalue weighted by molar-refractivity contribution is 5.94. The molecule has 1 aromatic carbocycles. The highest BCUT2D eigenvalue weighted by Gasteiger charge is 2.21. The molecule has 2 rings (SSSR count). The third-order valence-electron chi connectivity index (χ3n) is 3.56. The van der Waals surface area contributed by atoms with Gasteiger partial charge in [-0.3, -0.25) is 9.78 Å². The lowest BCUT2D eigenvalue weighted by molar-refractivity contribution is 0.0902. The molecule has 0 bridgehead atoms. The van der Waals surface area contributed by atoms with Crippen LogP contribution >= 0.6 is 0 Å². The summed E-state index contributed by atoms with van der Waals surface area (Å²) in [5.74, 6) is 1.16. The second-order valence-corrected chi connectivity index (χ2v) is 6.72. The minimum Gasteiger partial charge on any atom is -0.456 e. The first-order chi connectivity index (χ1) is 11.4. The lowest BCUT2D eigenvalue weighted by Gasteiger charge is -2.26. The molecular weight excluding hydrogens is 304 g/mol. The number of nitrogens with one attached hydrogen (secondary N) is 1. The van der Waals surface area contributed by atoms with Gasteiger partial charge in [0.15, 0.2) is 0 Å². The van der Waals surface area contributed by atoms with Gasteiger partial charge in [0.1, 0.15) is 11.5 Å². The molecule has 128 valence electrons. The van der Waals surface area contributed by atoms with Crippen molar-refractivity contribution in [1.29, 1.82) is 0 Å². The Morgan fingerprint density at radius 1 is 1.25 bits per heavy atom. The summed E-state index contributed by atoms with van der Waals surface area (Å²) in [4.78, 5) is 16.2. The Morgan fingerprint density at radius 2 is 1.96 bits per heavy atom. The molecule has 1 amide bonds. The molecule has 1 unspecified atom stereocenters. The fraction of sp³-hybridized carbons (Fsp3) is 0.368. The van der Waals surface area contributed by atoms with Gasteiger partial charge in [0.2, 0.25) is 0 Å². The number of hydrogen-bond acceptors (Lipinski definition) is 4. The van der Waals surface area contributed by atoms with Gasteiger partial charge in [-0.2, -0.15) is 0 Å². The second kappa shape index (κ2) is 7.93. The quantitative estimate of drug-likeness (QED) is 0.817. The Bertz CT molecular complexity index is 652. The number of carbonyl (C=O) groups excluding carboxylic acids is 1. The molecule has 0 fully saturated rings. The van der Waals surface area contributed by atoms with Crippen molar-refractivity contribution in [1.82, 2.24) is 10.3 Å². The van der Waals surface area contributed by atoms with Crippen molar-refractivity contribution in [2.45, 2.75) is 33.3 Å². The van der Waals surface area contributed by atoms with Crippen LogP contribution in [0.5, 0.6) is 11.5 Å². The lowest BCUT2D eigenvalue weighted by Crippen LogP contribution is -2.35. The molecule has 1 atom stereocenters. The largest absolute Gasteiger partial charge is 0.456 e. The van der Waals surface area contributed by atoms with Crippen LogP contribution in [0.15, 0.2) is 48.8 Å². The summed E-state index contributed by atoms with van der Waals surface area (Å²) in [6, 6.07) is 10.6. The first-order valence-corrected chi connectivity index (χ1v) is 8.00. The van der Waals surface area contributed by atoms with Crippen molar-refractivity contribution in [2.24, 2.45) is 5.41 Å². The molecule has 0 aliphatic heterocycles. The van der Waals surface area contributed by atoms with E-state index >= 15 is 0 Å². The van der Waals surface area contributed by atoms with Gasteiger partial charge in [-0.15, -0.1) is 0 Å². The summed E-state index contributed by atoms with van der Waals surface area (Å²) in [7, 11) is 0. The van der Waals surface area contributed by atoms with E-state index in [0.717, 1.165) is 0 Å². The van der Waals surface area contributed by atoms with E-state index in [0.29, 0.717) is 30.0 Å². The maximum Gasteiger partial charge on any atom is 0.251 e. The van der Waals surface area contributed by atoms with E-state index in [2.05, 4.69) is 10.3 Å². The average Bonchev–Trinajstić information content (AvgIpc) is 2.53. The minimum atomic E-state index is -0.388. The normalized spacial score (nSPS) is 12.5. The summed E-state index contributed by atoms with van der Waals surface area (Å²) in [5.41, 5.74) is 0.411. The number of hydrogen-bond donors (Lipinski definition) is 2. The predicted molar refractivity (Wildman–Crippen MR) is 93.2 cm³/mol. The Kier molecular flexibility index (Phi) is 5.93. The van der Waals surface area contributed by atoms with Crippen LogP contribution in [0.3, 0.4) is 0 Å². The molecule has 1 heterocycles. The van der Waals surface area contributed by atoms with E-state index in [9.17, 15) is 9.90 Å². The smallest absolute Gasteiger partial charge is 0.251 e. The summed E-state index contributed by atoms with van der Waals surface area (Å²) in [6.07, 6.45) is 3.55. The van der Waals surface area contributed by atoms with Crippen LogP contribution in [-0.4, -0.2) is 28.6 Å². The standard InChI is InChI=1S/C19H24N2O3/c1-14(22)11-19(2,3)13-21-18(23)15-6-8-16(9-7-15)24-17-5-4-10-20-12-17/h4-10,12,14,22H,11,13H2,1-3H3,(H,21,23). The first-order valence-electron chi connectivity index (χ1n) is 8.00. The van der Waals surface area contributed by atoms with Crippen LogP contribution in [-0.2, 0) is 0 Å². The molecule has 0 spiro atoms. The molecule has 5 nitrogen and oxygen atoms in total. The molecule has 0 radical (unpaired) electrons. The van der Waals surface area contributed by atoms with Crippen LogP contribution in [0.1, 0.15) is 37.6 Å². The molecular formula is C19H24N2O3. The number of aromatic nitrogens is 1. The number of aliphatic hydroxyl groups is 1. The summed E-state index contributed by atoms with van der Waals surface area (Å²) >= 11 is 0. The maximum atomic E-state index is 12.2. The van der Waals surface area contributed by atoms with E-state index < -0.39 is 0 Å². The number of benzene rings is 1. The van der Waals surface area contributed by atoms with Crippen molar-refractivity contribution in [3.63, 3.8) is 0 Å². The van der Waals surface area contributed by atoms with Gasteiger partial charge in [0.25, 0.3) is 5.91 Å². The van der Waals surface area contributed by atoms with Crippen LogP contribution in [0.25, 0.3) is 0 Å². The van der Waals surface area contributed by atoms with E-state index in [-0.39, 0.29) is 17.4 Å². The molecule has 24 heavy (non-hydrogen) atoms. The summed E-state index contributed by atoms with van der Waals surface area (Å²) in [6.45, 7) is 6.30. The van der Waals surface area contributed by atoms with Crippen molar-refractivity contribution in [3.8, 4) is 11.5 Å². The molecule has 0 aliphatic rings. The fourth-order valence-electron chi connectivity index (χ4n) is 2.51. The molecule has 2 aromatic rings. The highest BCUT2D eigenvalue weighted by Crippen LogP contribution is 2.22. The van der Waals surface area contributed by atoms with E-state index in [1.54, 1.807) is 49.6 Å². The van der Waals surface area contributed by atoms with Gasteiger partial charge in [0.05, 0.1) is 12.3 Å². The van der Waals surface area contributed by atoms with Gasteiger partial charge in [-0.1, -0.05) is 13.8 Å². The van der Waals surface area contributed by atoms with Gasteiger partial charge in [0, 0.05) is 18.3 Å². The maximum absolute atomic E-state index is 12.2. The Labute approximate surface area is 142 Å². The SMILES string of the molecule is CC(O)CC(C)(C)CNC(=O)c1ccc(Oc2cccnc2)cc1. The van der Waals surface area contributed by atoms with Crippen LogP contribution in [0.4, 0.5) is 0 Å². The van der Waals surface area contributed by atoms with Crippen LogP contribution < -0.4 is 10.1 Å². The van der Waals surface area contributed by atoms with Crippen LogP contribution in [0, 0.1) is 5.41 Å². The number of amides is 1. The number of pyridine rings is 1. The Morgan fingerprint density at radius 3 is 2.54 bits per heavy atom. The van der Waals surface area contributed by atoms with Crippen LogP contribution in [0.2, 0.25) is 0 Å². The number of aliphatic hydroxyl groups excluding tert-OH is 1. The third-order valence-corrected chi connectivity index (χ3v) is 3.56. The average molecular weight is 328 g/mol. The van der Waals surface area contributed by atoms with E-state index in [4.69, 9.17) is 4.74 Å².